The first-order valence-corrected chi connectivity index (χ1v) is 8.36. The molecule has 20 heavy (non-hydrogen) atoms. The molecule has 0 aromatic heterocycles. The molecule has 1 aliphatic carbocycles. The Morgan fingerprint density at radius 2 is 1.85 bits per heavy atom. The van der Waals surface area contributed by atoms with Gasteiger partial charge in [-0.2, -0.15) is 0 Å². The lowest BCUT2D eigenvalue weighted by Crippen LogP contribution is -2.45. The van der Waals surface area contributed by atoms with E-state index >= 15 is 0 Å². The van der Waals surface area contributed by atoms with E-state index in [1.807, 2.05) is 12.1 Å². The van der Waals surface area contributed by atoms with Crippen molar-refractivity contribution < 1.29 is 0 Å². The molecular weight excluding hydrogens is 313 g/mol. The van der Waals surface area contributed by atoms with Crippen molar-refractivity contribution in [2.75, 3.05) is 0 Å². The minimum atomic E-state index is 0.166. The lowest BCUT2D eigenvalue weighted by molar-refractivity contribution is 0.157. The van der Waals surface area contributed by atoms with Gasteiger partial charge < -0.3 is 5.32 Å². The third kappa shape index (κ3) is 3.44. The fourth-order valence-corrected chi connectivity index (χ4v) is 3.78. The normalized spacial score (nSPS) is 23.6. The zero-order chi connectivity index (χ0) is 14.9. The van der Waals surface area contributed by atoms with Crippen LogP contribution in [-0.4, -0.2) is 6.04 Å². The smallest absolute Gasteiger partial charge is 0.0781 e. The highest BCUT2D eigenvalue weighted by atomic mass is 35.5. The van der Waals surface area contributed by atoms with Gasteiger partial charge in [-0.15, -0.1) is 0 Å². The molecule has 1 nitrogen and oxygen atoms in total. The summed E-state index contributed by atoms with van der Waals surface area (Å²) in [5.41, 5.74) is 1.34. The summed E-state index contributed by atoms with van der Waals surface area (Å²) in [4.78, 5) is 0. The molecule has 0 radical (unpaired) electrons. The summed E-state index contributed by atoms with van der Waals surface area (Å²) >= 11 is 18.5. The van der Waals surface area contributed by atoms with Crippen LogP contribution in [0.25, 0.3) is 0 Å². The van der Waals surface area contributed by atoms with Crippen molar-refractivity contribution in [3.05, 3.63) is 32.8 Å². The van der Waals surface area contributed by atoms with E-state index in [4.69, 9.17) is 34.8 Å². The Kier molecular flexibility index (Phi) is 5.29. The van der Waals surface area contributed by atoms with Crippen molar-refractivity contribution in [2.24, 2.45) is 5.41 Å². The van der Waals surface area contributed by atoms with Crippen molar-refractivity contribution in [2.45, 2.75) is 58.5 Å². The molecule has 1 saturated carbocycles. The summed E-state index contributed by atoms with van der Waals surface area (Å²) in [7, 11) is 0. The lowest BCUT2D eigenvalue weighted by Gasteiger charge is -2.41. The van der Waals surface area contributed by atoms with E-state index in [0.29, 0.717) is 26.5 Å². The van der Waals surface area contributed by atoms with Crippen LogP contribution in [0.4, 0.5) is 0 Å². The van der Waals surface area contributed by atoms with Crippen LogP contribution in [-0.2, 0) is 0 Å². The van der Waals surface area contributed by atoms with Gasteiger partial charge in [0.25, 0.3) is 0 Å². The number of benzene rings is 1. The minimum Gasteiger partial charge on any atom is -0.307 e. The molecule has 1 aromatic carbocycles. The van der Waals surface area contributed by atoms with Gasteiger partial charge in [-0.05, 0) is 36.8 Å². The zero-order valence-corrected chi connectivity index (χ0v) is 14.5. The molecule has 0 saturated heterocycles. The van der Waals surface area contributed by atoms with E-state index in [9.17, 15) is 0 Å². The number of nitrogens with one attached hydrogen (secondary N) is 1. The van der Waals surface area contributed by atoms with E-state index in [0.717, 1.165) is 5.56 Å². The average molecular weight is 335 g/mol. The van der Waals surface area contributed by atoms with Gasteiger partial charge in [0.2, 0.25) is 0 Å². The van der Waals surface area contributed by atoms with E-state index in [1.54, 1.807) is 0 Å². The molecule has 2 rings (SSSR count). The second kappa shape index (κ2) is 6.44. The first kappa shape index (κ1) is 16.4. The monoisotopic (exact) mass is 333 g/mol. The van der Waals surface area contributed by atoms with Crippen LogP contribution in [0.3, 0.4) is 0 Å². The summed E-state index contributed by atoms with van der Waals surface area (Å²) in [6, 6.07) is 4.45. The molecule has 4 heteroatoms. The Hall–Kier alpha value is 0.0500. The Balaban J connectivity index is 2.16. The molecule has 0 aliphatic heterocycles. The summed E-state index contributed by atoms with van der Waals surface area (Å²) in [6.45, 7) is 6.82. The third-order valence-electron chi connectivity index (χ3n) is 4.49. The van der Waals surface area contributed by atoms with Crippen LogP contribution in [0, 0.1) is 5.41 Å². The number of halogens is 3. The van der Waals surface area contributed by atoms with Crippen molar-refractivity contribution in [3.63, 3.8) is 0 Å². The van der Waals surface area contributed by atoms with Gasteiger partial charge in [0, 0.05) is 12.1 Å². The maximum Gasteiger partial charge on any atom is 0.0781 e. The number of hydrogen-bond acceptors (Lipinski definition) is 1. The predicted molar refractivity (Wildman–Crippen MR) is 89.1 cm³/mol. The largest absolute Gasteiger partial charge is 0.307 e. The Labute approximate surface area is 137 Å². The van der Waals surface area contributed by atoms with E-state index in [-0.39, 0.29) is 6.04 Å². The summed E-state index contributed by atoms with van der Waals surface area (Å²) in [5, 5.41) is 5.24. The van der Waals surface area contributed by atoms with Gasteiger partial charge in [0.15, 0.2) is 0 Å². The fraction of sp³-hybridized carbons (Fsp3) is 0.625. The summed E-state index contributed by atoms with van der Waals surface area (Å²) < 4.78 is 0. The molecule has 0 spiro atoms. The molecular formula is C16H22Cl3N. The average Bonchev–Trinajstić information content (AvgIpc) is 2.38. The van der Waals surface area contributed by atoms with Crippen LogP contribution in [0.2, 0.25) is 15.1 Å². The fourth-order valence-electron chi connectivity index (χ4n) is 3.07. The predicted octanol–water partition coefficient (Wildman–Crippen LogP) is 6.27. The highest BCUT2D eigenvalue weighted by Crippen LogP contribution is 2.39. The number of rotatable bonds is 3. The van der Waals surface area contributed by atoms with Crippen LogP contribution < -0.4 is 5.32 Å². The highest BCUT2D eigenvalue weighted by molar-refractivity contribution is 6.48. The van der Waals surface area contributed by atoms with Crippen molar-refractivity contribution in [1.29, 1.82) is 0 Å². The molecule has 1 fully saturated rings. The molecule has 1 N–H and O–H groups in total. The van der Waals surface area contributed by atoms with E-state index in [1.165, 1.54) is 25.7 Å². The van der Waals surface area contributed by atoms with Crippen LogP contribution >= 0.6 is 34.8 Å². The van der Waals surface area contributed by atoms with Gasteiger partial charge in [0.05, 0.1) is 15.1 Å². The van der Waals surface area contributed by atoms with Gasteiger partial charge in [-0.25, -0.2) is 0 Å². The molecule has 2 atom stereocenters. The van der Waals surface area contributed by atoms with Crippen molar-refractivity contribution in [1.82, 2.24) is 5.32 Å². The molecule has 1 aromatic rings. The maximum absolute atomic E-state index is 6.33. The number of hydrogen-bond donors (Lipinski definition) is 1. The SMILES string of the molecule is CC(NC1CCCCC1(C)C)c1ccc(Cl)c(Cl)c1Cl. The van der Waals surface area contributed by atoms with Gasteiger partial charge in [-0.1, -0.05) is 67.6 Å². The standard InChI is InChI=1S/C16H22Cl3N/c1-10(11-7-8-12(17)15(19)14(11)18)20-13-6-4-5-9-16(13,2)3/h7-8,10,13,20H,4-6,9H2,1-3H3. The second-order valence-electron chi connectivity index (χ2n) is 6.44. The molecule has 0 heterocycles. The molecule has 112 valence electrons. The first-order chi connectivity index (χ1) is 9.33. The Morgan fingerprint density at radius 1 is 1.15 bits per heavy atom. The van der Waals surface area contributed by atoms with Crippen molar-refractivity contribution in [3.8, 4) is 0 Å². The Bertz CT molecular complexity index is 485. The summed E-state index contributed by atoms with van der Waals surface area (Å²) in [5.74, 6) is 0. The minimum absolute atomic E-state index is 0.166. The second-order valence-corrected chi connectivity index (χ2v) is 7.60. The van der Waals surface area contributed by atoms with Gasteiger partial charge in [0.1, 0.15) is 0 Å². The molecule has 1 aliphatic rings. The van der Waals surface area contributed by atoms with E-state index in [2.05, 4.69) is 26.1 Å². The molecule has 0 amide bonds. The van der Waals surface area contributed by atoms with Crippen LogP contribution in [0.5, 0.6) is 0 Å². The van der Waals surface area contributed by atoms with E-state index < -0.39 is 0 Å². The topological polar surface area (TPSA) is 12.0 Å². The highest BCUT2D eigenvalue weighted by Gasteiger charge is 2.33. The van der Waals surface area contributed by atoms with Gasteiger partial charge >= 0.3 is 0 Å². The quantitative estimate of drug-likeness (QED) is 0.643. The first-order valence-electron chi connectivity index (χ1n) is 7.22. The zero-order valence-electron chi connectivity index (χ0n) is 12.3. The maximum atomic E-state index is 6.33. The molecule has 2 unspecified atom stereocenters. The lowest BCUT2D eigenvalue weighted by atomic mass is 9.73. The van der Waals surface area contributed by atoms with Crippen LogP contribution in [0.1, 0.15) is 58.1 Å². The summed E-state index contributed by atoms with van der Waals surface area (Å²) in [6.07, 6.45) is 5.11. The van der Waals surface area contributed by atoms with Crippen LogP contribution in [0.15, 0.2) is 12.1 Å². The van der Waals surface area contributed by atoms with Crippen molar-refractivity contribution >= 4 is 34.8 Å². The Morgan fingerprint density at radius 3 is 2.50 bits per heavy atom. The molecule has 0 bridgehead atoms. The third-order valence-corrected chi connectivity index (χ3v) is 5.80. The van der Waals surface area contributed by atoms with Gasteiger partial charge in [-0.3, -0.25) is 0 Å².